The van der Waals surface area contributed by atoms with Crippen molar-refractivity contribution in [1.82, 2.24) is 0 Å². The summed E-state index contributed by atoms with van der Waals surface area (Å²) in [5, 5.41) is 20.7. The van der Waals surface area contributed by atoms with Crippen molar-refractivity contribution in [1.29, 1.82) is 0 Å². The third kappa shape index (κ3) is 82.2. The summed E-state index contributed by atoms with van der Waals surface area (Å²) in [7, 11) is -9.81. The van der Waals surface area contributed by atoms with E-state index in [0.29, 0.717) is 19.3 Å². The van der Waals surface area contributed by atoms with Crippen molar-refractivity contribution in [2.75, 3.05) is 39.6 Å². The van der Waals surface area contributed by atoms with Crippen LogP contribution in [0.3, 0.4) is 0 Å². The van der Waals surface area contributed by atoms with E-state index in [2.05, 4.69) is 167 Å². The molecular formula is C89H152O16P2. The molecule has 0 bridgehead atoms. The van der Waals surface area contributed by atoms with Gasteiger partial charge in [-0.1, -0.05) is 321 Å². The Morgan fingerprint density at radius 3 is 0.785 bits per heavy atom. The lowest BCUT2D eigenvalue weighted by molar-refractivity contribution is -0.161. The minimum atomic E-state index is -4.94. The zero-order valence-corrected chi connectivity index (χ0v) is 69.1. The first kappa shape index (κ1) is 102. The minimum Gasteiger partial charge on any atom is -0.463 e. The van der Waals surface area contributed by atoms with Crippen LogP contribution >= 0.6 is 15.6 Å². The third-order valence-electron chi connectivity index (χ3n) is 17.5. The smallest absolute Gasteiger partial charge is 0.463 e. The van der Waals surface area contributed by atoms with Gasteiger partial charge in [0.25, 0.3) is 0 Å². The molecule has 0 heterocycles. The van der Waals surface area contributed by atoms with E-state index < -0.39 is 91.5 Å². The normalized spacial score (nSPS) is 14.6. The van der Waals surface area contributed by atoms with Gasteiger partial charge >= 0.3 is 33.6 Å². The van der Waals surface area contributed by atoms with E-state index in [1.807, 2.05) is 0 Å². The maximum atomic E-state index is 13.0. The molecular weight excluding hydrogens is 1390 g/mol. The summed E-state index contributed by atoms with van der Waals surface area (Å²) in [5.41, 5.74) is 0. The molecule has 0 aliphatic heterocycles. The van der Waals surface area contributed by atoms with E-state index >= 15 is 0 Å². The molecule has 16 nitrogen and oxygen atoms in total. The lowest BCUT2D eigenvalue weighted by Gasteiger charge is -2.21. The van der Waals surface area contributed by atoms with Gasteiger partial charge in [-0.05, 0) is 148 Å². The zero-order chi connectivity index (χ0) is 78.0. The van der Waals surface area contributed by atoms with Gasteiger partial charge < -0.3 is 34.2 Å². The molecule has 0 aromatic rings. The molecule has 4 N–H and O–H groups in total. The summed E-state index contributed by atoms with van der Waals surface area (Å²) in [4.78, 5) is 58.8. The van der Waals surface area contributed by atoms with Gasteiger partial charge in [0.1, 0.15) is 25.4 Å². The second kappa shape index (κ2) is 80.9. The number of rotatable bonds is 79. The van der Waals surface area contributed by atoms with Crippen molar-refractivity contribution in [3.8, 4) is 0 Å². The van der Waals surface area contributed by atoms with Crippen LogP contribution in [0.4, 0.5) is 0 Å². The van der Waals surface area contributed by atoms with Gasteiger partial charge in [0, 0.05) is 19.3 Å². The summed E-state index contributed by atoms with van der Waals surface area (Å²) in [5.74, 6) is -1.60. The highest BCUT2D eigenvalue weighted by Gasteiger charge is 2.29. The number of hydrogen-bond acceptors (Lipinski definition) is 14. The first-order valence-corrected chi connectivity index (χ1v) is 45.1. The summed E-state index contributed by atoms with van der Waals surface area (Å²) >= 11 is 0. The fraction of sp³-hybridized carbons (Fsp3) is 0.697. The number of ether oxygens (including phenoxy) is 3. The Bertz CT molecular complexity index is 2530. The van der Waals surface area contributed by atoms with Gasteiger partial charge in [-0.25, -0.2) is 9.13 Å². The van der Waals surface area contributed by atoms with Crippen LogP contribution in [-0.4, -0.2) is 95.9 Å². The molecule has 0 spiro atoms. The summed E-state index contributed by atoms with van der Waals surface area (Å²) in [6.45, 7) is 2.51. The summed E-state index contributed by atoms with van der Waals surface area (Å²) < 4.78 is 61.2. The largest absolute Gasteiger partial charge is 0.472 e. The van der Waals surface area contributed by atoms with Crippen molar-refractivity contribution in [2.45, 2.75) is 360 Å². The van der Waals surface area contributed by atoms with Gasteiger partial charge in [0.15, 0.2) is 6.10 Å². The molecule has 0 aliphatic carbocycles. The van der Waals surface area contributed by atoms with Gasteiger partial charge in [0.2, 0.25) is 0 Å². The highest BCUT2D eigenvalue weighted by atomic mass is 31.2. The van der Waals surface area contributed by atoms with Crippen LogP contribution in [0.1, 0.15) is 342 Å². The molecule has 5 atom stereocenters. The number of allylic oxidation sites excluding steroid dienone is 24. The van der Waals surface area contributed by atoms with E-state index in [1.165, 1.54) is 116 Å². The highest BCUT2D eigenvalue weighted by molar-refractivity contribution is 7.47. The molecule has 0 rings (SSSR count). The SMILES string of the molecule is CC/C=C\C/C=C\C/C=C\C/C=C\C/C=C\C/C=C\CCCCCCCCCCC(=O)OCC(COP(=O)(O)OCC(O)COP(=O)(O)OCC(O)COC(=O)CCCCCCCCCCCCCCC/C=C\C/C=C\C/C=C\C/C=C\CCCCC)OC(=O)CCCCCCC/C=C\C/C=C\CCCCC. The van der Waals surface area contributed by atoms with E-state index in [1.54, 1.807) is 0 Å². The van der Waals surface area contributed by atoms with Crippen LogP contribution < -0.4 is 0 Å². The van der Waals surface area contributed by atoms with Crippen molar-refractivity contribution in [2.24, 2.45) is 0 Å². The number of carbonyl (C=O) groups excluding carboxylic acids is 3. The second-order valence-electron chi connectivity index (χ2n) is 27.9. The predicted molar refractivity (Wildman–Crippen MR) is 445 cm³/mol. The molecule has 107 heavy (non-hydrogen) atoms. The van der Waals surface area contributed by atoms with Crippen LogP contribution in [0.2, 0.25) is 0 Å². The number of unbranched alkanes of at least 4 members (excludes halogenated alkanes) is 32. The van der Waals surface area contributed by atoms with E-state index in [9.17, 15) is 43.5 Å². The molecule has 614 valence electrons. The standard InChI is InChI=1S/C89H152O16P2/c1-4-7-10-13-16-19-22-25-28-30-32-34-36-38-40-41-43-45-46-48-50-52-55-57-60-63-66-69-72-75-87(92)99-78-84(90)79-101-106(95,96)102-80-85(91)81-103-107(97,98)104-83-86(105-89(94)77-74-71-68-65-62-59-54-27-24-21-18-15-12-9-6-3)82-100-88(93)76-73-70-67-64-61-58-56-53-51-49-47-44-42-39-37-35-33-31-29-26-23-20-17-14-11-8-5-2/h8,11,16-21,25-29,32-35,38-40,42,47,49,54,84-86,90-91H,4-7,9-10,12-15,22-24,30-31,36-37,41,43-46,48,50-53,55-83H2,1-3H3,(H,95,96)(H,97,98)/b11-8-,19-16-,20-17-,21-18-,28-25-,29-26-,34-32-,35-33-,40-38-,42-39-,49-47-,54-27-. The monoisotopic (exact) mass is 1540 g/mol. The Morgan fingerprint density at radius 2 is 0.495 bits per heavy atom. The number of carbonyl (C=O) groups is 3. The van der Waals surface area contributed by atoms with Gasteiger partial charge in [-0.3, -0.25) is 32.5 Å². The van der Waals surface area contributed by atoms with Gasteiger partial charge in [-0.15, -0.1) is 0 Å². The molecule has 5 unspecified atom stereocenters. The molecule has 0 aromatic heterocycles. The van der Waals surface area contributed by atoms with Crippen molar-refractivity contribution >= 4 is 33.6 Å². The molecule has 0 aliphatic rings. The van der Waals surface area contributed by atoms with Crippen LogP contribution in [-0.2, 0) is 55.8 Å². The molecule has 0 radical (unpaired) electrons. The molecule has 0 fully saturated rings. The zero-order valence-electron chi connectivity index (χ0n) is 67.3. The van der Waals surface area contributed by atoms with Gasteiger partial charge in [-0.2, -0.15) is 0 Å². The Hall–Kier alpha value is -4.57. The Labute approximate surface area is 651 Å². The van der Waals surface area contributed by atoms with Crippen LogP contribution in [0.25, 0.3) is 0 Å². The maximum absolute atomic E-state index is 13.0. The molecule has 0 aromatic carbocycles. The highest BCUT2D eigenvalue weighted by Crippen LogP contribution is 2.45. The van der Waals surface area contributed by atoms with E-state index in [4.69, 9.17) is 32.3 Å². The average molecular weight is 1540 g/mol. The topological polar surface area (TPSA) is 231 Å². The van der Waals surface area contributed by atoms with Crippen LogP contribution in [0, 0.1) is 0 Å². The predicted octanol–water partition coefficient (Wildman–Crippen LogP) is 25.2. The average Bonchev–Trinajstić information content (AvgIpc) is 0.913. The third-order valence-corrected chi connectivity index (χ3v) is 19.4. The quantitative estimate of drug-likeness (QED) is 0.0146. The second-order valence-corrected chi connectivity index (χ2v) is 30.8. The number of phosphoric ester groups is 2. The van der Waals surface area contributed by atoms with Crippen LogP contribution in [0.5, 0.6) is 0 Å². The first-order chi connectivity index (χ1) is 52.2. The first-order valence-electron chi connectivity index (χ1n) is 42.1. The lowest BCUT2D eigenvalue weighted by atomic mass is 10.0. The number of phosphoric acid groups is 2. The Balaban J connectivity index is 4.55. The lowest BCUT2D eigenvalue weighted by Crippen LogP contribution is -2.30. The fourth-order valence-corrected chi connectivity index (χ4v) is 12.7. The maximum Gasteiger partial charge on any atom is 0.472 e. The van der Waals surface area contributed by atoms with Crippen molar-refractivity contribution in [3.05, 3.63) is 146 Å². The van der Waals surface area contributed by atoms with E-state index in [0.717, 1.165) is 167 Å². The Morgan fingerprint density at radius 1 is 0.271 bits per heavy atom. The van der Waals surface area contributed by atoms with E-state index in [-0.39, 0.29) is 19.3 Å². The number of aliphatic hydroxyl groups excluding tert-OH is 2. The molecule has 18 heteroatoms. The summed E-state index contributed by atoms with van der Waals surface area (Å²) in [6.07, 6.45) is 100. The number of hydrogen-bond donors (Lipinski definition) is 4. The van der Waals surface area contributed by atoms with Crippen molar-refractivity contribution in [3.63, 3.8) is 0 Å². The van der Waals surface area contributed by atoms with Crippen LogP contribution in [0.15, 0.2) is 146 Å². The summed E-state index contributed by atoms with van der Waals surface area (Å²) in [6, 6.07) is 0. The van der Waals surface area contributed by atoms with Gasteiger partial charge in [0.05, 0.1) is 26.4 Å². The fourth-order valence-electron chi connectivity index (χ4n) is 11.1. The number of esters is 3. The number of aliphatic hydroxyl groups is 2. The molecule has 0 saturated carbocycles. The molecule has 0 amide bonds. The molecule has 0 saturated heterocycles. The minimum absolute atomic E-state index is 0.0833. The van der Waals surface area contributed by atoms with Crippen molar-refractivity contribution < 1.29 is 75.8 Å². The Kier molecular flexibility index (Phi) is 77.5.